The summed E-state index contributed by atoms with van der Waals surface area (Å²) in [5.41, 5.74) is 0.742. The van der Waals surface area contributed by atoms with Crippen molar-refractivity contribution in [1.82, 2.24) is 15.5 Å². The molecular weight excluding hydrogens is 242 g/mol. The molecule has 0 aromatic carbocycles. The molecule has 0 unspecified atom stereocenters. The van der Waals surface area contributed by atoms with Crippen molar-refractivity contribution in [2.75, 3.05) is 0 Å². The van der Waals surface area contributed by atoms with Gasteiger partial charge in [0.25, 0.3) is 5.91 Å². The first-order chi connectivity index (χ1) is 8.41. The SMILES string of the molecule is Cc1[nH]ncc1C(=O)N[C@@H](CCC(=O)O)C(=O)O. The fraction of sp³-hybridized carbons (Fsp3) is 0.400. The van der Waals surface area contributed by atoms with Gasteiger partial charge in [-0.05, 0) is 13.3 Å². The number of carboxylic acid groups (broad SMARTS) is 2. The topological polar surface area (TPSA) is 132 Å². The molecule has 1 amide bonds. The van der Waals surface area contributed by atoms with Crippen molar-refractivity contribution in [3.63, 3.8) is 0 Å². The number of nitrogens with one attached hydrogen (secondary N) is 2. The third-order valence-corrected chi connectivity index (χ3v) is 2.32. The zero-order valence-corrected chi connectivity index (χ0v) is 9.64. The lowest BCUT2D eigenvalue weighted by Crippen LogP contribution is -2.41. The zero-order chi connectivity index (χ0) is 13.7. The number of carbonyl (C=O) groups is 3. The standard InChI is InChI=1S/C10H13N3O5/c1-5-6(4-11-13-5)9(16)12-7(10(17)18)2-3-8(14)15/h4,7H,2-3H2,1H3,(H,11,13)(H,12,16)(H,14,15)(H,17,18)/t7-/m0/s1. The van der Waals surface area contributed by atoms with Crippen LogP contribution in [0.2, 0.25) is 0 Å². The van der Waals surface area contributed by atoms with Crippen molar-refractivity contribution in [2.45, 2.75) is 25.8 Å². The third kappa shape index (κ3) is 3.58. The lowest BCUT2D eigenvalue weighted by molar-refractivity contribution is -0.140. The summed E-state index contributed by atoms with van der Waals surface area (Å²) in [6.45, 7) is 1.62. The molecule has 8 heteroatoms. The van der Waals surface area contributed by atoms with E-state index in [1.54, 1.807) is 6.92 Å². The van der Waals surface area contributed by atoms with Crippen LogP contribution in [0.15, 0.2) is 6.20 Å². The number of aromatic nitrogens is 2. The summed E-state index contributed by atoms with van der Waals surface area (Å²) in [5, 5.41) is 25.8. The summed E-state index contributed by atoms with van der Waals surface area (Å²) < 4.78 is 0. The van der Waals surface area contributed by atoms with Crippen molar-refractivity contribution < 1.29 is 24.6 Å². The Labute approximate surface area is 102 Å². The second-order valence-corrected chi connectivity index (χ2v) is 3.71. The summed E-state index contributed by atoms with van der Waals surface area (Å²) in [7, 11) is 0. The van der Waals surface area contributed by atoms with Crippen LogP contribution in [0.4, 0.5) is 0 Å². The van der Waals surface area contributed by atoms with E-state index < -0.39 is 23.9 Å². The van der Waals surface area contributed by atoms with E-state index in [4.69, 9.17) is 10.2 Å². The van der Waals surface area contributed by atoms with Crippen LogP contribution >= 0.6 is 0 Å². The first-order valence-electron chi connectivity index (χ1n) is 5.17. The Balaban J connectivity index is 2.67. The van der Waals surface area contributed by atoms with Crippen LogP contribution in [0.3, 0.4) is 0 Å². The largest absolute Gasteiger partial charge is 0.481 e. The van der Waals surface area contributed by atoms with Gasteiger partial charge in [0.15, 0.2) is 0 Å². The number of amides is 1. The Morgan fingerprint density at radius 1 is 1.44 bits per heavy atom. The second-order valence-electron chi connectivity index (χ2n) is 3.71. The van der Waals surface area contributed by atoms with Crippen molar-refractivity contribution in [3.8, 4) is 0 Å². The van der Waals surface area contributed by atoms with Gasteiger partial charge in [0.05, 0.1) is 11.8 Å². The molecular formula is C10H13N3O5. The van der Waals surface area contributed by atoms with Gasteiger partial charge < -0.3 is 15.5 Å². The number of aliphatic carboxylic acids is 2. The fourth-order valence-corrected chi connectivity index (χ4v) is 1.34. The summed E-state index contributed by atoms with van der Waals surface area (Å²) in [4.78, 5) is 32.9. The highest BCUT2D eigenvalue weighted by Crippen LogP contribution is 2.05. The molecule has 1 atom stereocenters. The van der Waals surface area contributed by atoms with E-state index in [0.29, 0.717) is 5.69 Å². The van der Waals surface area contributed by atoms with Crippen molar-refractivity contribution in [2.24, 2.45) is 0 Å². The van der Waals surface area contributed by atoms with Crippen LogP contribution in [0.5, 0.6) is 0 Å². The number of nitrogens with zero attached hydrogens (tertiary/aromatic N) is 1. The monoisotopic (exact) mass is 255 g/mol. The first kappa shape index (κ1) is 13.7. The predicted molar refractivity (Wildman–Crippen MR) is 59.1 cm³/mol. The number of aromatic amines is 1. The molecule has 0 spiro atoms. The van der Waals surface area contributed by atoms with Crippen molar-refractivity contribution >= 4 is 17.8 Å². The molecule has 98 valence electrons. The molecule has 0 radical (unpaired) electrons. The lowest BCUT2D eigenvalue weighted by Gasteiger charge is -2.12. The van der Waals surface area contributed by atoms with Gasteiger partial charge in [-0.25, -0.2) is 4.79 Å². The molecule has 0 saturated heterocycles. The molecule has 1 heterocycles. The number of rotatable bonds is 6. The molecule has 0 aliphatic carbocycles. The molecule has 0 bridgehead atoms. The average Bonchev–Trinajstić information content (AvgIpc) is 2.69. The molecule has 1 aromatic heterocycles. The van der Waals surface area contributed by atoms with Crippen LogP contribution in [0.1, 0.15) is 28.9 Å². The Hall–Kier alpha value is -2.38. The minimum atomic E-state index is -1.27. The summed E-state index contributed by atoms with van der Waals surface area (Å²) >= 11 is 0. The number of aryl methyl sites for hydroxylation is 1. The summed E-state index contributed by atoms with van der Waals surface area (Å²) in [6.07, 6.45) is 0.774. The van der Waals surface area contributed by atoms with E-state index in [1.165, 1.54) is 6.20 Å². The van der Waals surface area contributed by atoms with Gasteiger partial charge in [-0.2, -0.15) is 5.10 Å². The molecule has 4 N–H and O–H groups in total. The van der Waals surface area contributed by atoms with Crippen LogP contribution in [-0.4, -0.2) is 44.3 Å². The normalized spacial score (nSPS) is 11.8. The highest BCUT2D eigenvalue weighted by atomic mass is 16.4. The van der Waals surface area contributed by atoms with Crippen molar-refractivity contribution in [1.29, 1.82) is 0 Å². The van der Waals surface area contributed by atoms with Gasteiger partial charge in [0, 0.05) is 12.1 Å². The lowest BCUT2D eigenvalue weighted by atomic mass is 10.1. The predicted octanol–water partition coefficient (Wildman–Crippen LogP) is -0.234. The molecule has 0 fully saturated rings. The van der Waals surface area contributed by atoms with Gasteiger partial charge in [-0.15, -0.1) is 0 Å². The van der Waals surface area contributed by atoms with E-state index in [9.17, 15) is 14.4 Å². The van der Waals surface area contributed by atoms with Crippen LogP contribution in [0.25, 0.3) is 0 Å². The maximum Gasteiger partial charge on any atom is 0.326 e. The Morgan fingerprint density at radius 2 is 2.11 bits per heavy atom. The van der Waals surface area contributed by atoms with E-state index in [0.717, 1.165) is 0 Å². The maximum atomic E-state index is 11.7. The molecule has 1 aromatic rings. The molecule has 0 aliphatic rings. The molecule has 8 nitrogen and oxygen atoms in total. The summed E-state index contributed by atoms with van der Waals surface area (Å²) in [5.74, 6) is -2.99. The van der Waals surface area contributed by atoms with E-state index in [1.807, 2.05) is 0 Å². The van der Waals surface area contributed by atoms with E-state index >= 15 is 0 Å². The third-order valence-electron chi connectivity index (χ3n) is 2.32. The van der Waals surface area contributed by atoms with E-state index in [2.05, 4.69) is 15.5 Å². The smallest absolute Gasteiger partial charge is 0.326 e. The van der Waals surface area contributed by atoms with Crippen molar-refractivity contribution in [3.05, 3.63) is 17.5 Å². The Morgan fingerprint density at radius 3 is 2.56 bits per heavy atom. The molecule has 0 aliphatic heterocycles. The van der Waals surface area contributed by atoms with Gasteiger partial charge in [0.1, 0.15) is 6.04 Å². The first-order valence-corrected chi connectivity index (χ1v) is 5.17. The van der Waals surface area contributed by atoms with Crippen LogP contribution < -0.4 is 5.32 Å². The minimum absolute atomic E-state index is 0.173. The minimum Gasteiger partial charge on any atom is -0.481 e. The number of carboxylic acids is 2. The number of carbonyl (C=O) groups excluding carboxylic acids is 1. The maximum absolute atomic E-state index is 11.7. The number of hydrogen-bond donors (Lipinski definition) is 4. The Bertz CT molecular complexity index is 468. The van der Waals surface area contributed by atoms with Gasteiger partial charge >= 0.3 is 11.9 Å². The van der Waals surface area contributed by atoms with Gasteiger partial charge in [0.2, 0.25) is 0 Å². The molecule has 18 heavy (non-hydrogen) atoms. The second kappa shape index (κ2) is 5.80. The number of hydrogen-bond acceptors (Lipinski definition) is 4. The quantitative estimate of drug-likeness (QED) is 0.554. The highest BCUT2D eigenvalue weighted by Gasteiger charge is 2.22. The van der Waals surface area contributed by atoms with Gasteiger partial charge in [-0.1, -0.05) is 0 Å². The highest BCUT2D eigenvalue weighted by molar-refractivity contribution is 5.97. The fourth-order valence-electron chi connectivity index (χ4n) is 1.34. The van der Waals surface area contributed by atoms with Crippen LogP contribution in [-0.2, 0) is 9.59 Å². The molecule has 0 saturated carbocycles. The zero-order valence-electron chi connectivity index (χ0n) is 9.64. The van der Waals surface area contributed by atoms with Gasteiger partial charge in [-0.3, -0.25) is 14.7 Å². The number of H-pyrrole nitrogens is 1. The van der Waals surface area contributed by atoms with E-state index in [-0.39, 0.29) is 18.4 Å². The Kier molecular flexibility index (Phi) is 4.41. The van der Waals surface area contributed by atoms with Crippen LogP contribution in [0, 0.1) is 6.92 Å². The molecule has 1 rings (SSSR count). The average molecular weight is 255 g/mol. The summed E-state index contributed by atoms with van der Waals surface area (Å²) in [6, 6.07) is -1.23.